The summed E-state index contributed by atoms with van der Waals surface area (Å²) in [6, 6.07) is 9.84. The van der Waals surface area contributed by atoms with Crippen LogP contribution < -0.4 is 10.1 Å². The number of rotatable bonds is 5. The smallest absolute Gasteiger partial charge is 0.341 e. The van der Waals surface area contributed by atoms with E-state index in [2.05, 4.69) is 21.2 Å². The number of hydrogen-bond donors (Lipinski definition) is 1. The molecular formula is C17H15BrClNO4. The van der Waals surface area contributed by atoms with Crippen molar-refractivity contribution in [1.29, 1.82) is 0 Å². The summed E-state index contributed by atoms with van der Waals surface area (Å²) in [5.74, 6) is -0.604. The number of methoxy groups -OCH3 is 1. The number of amides is 1. The molecular weight excluding hydrogens is 398 g/mol. The van der Waals surface area contributed by atoms with Gasteiger partial charge in [-0.15, -0.1) is 0 Å². The molecule has 1 N–H and O–H groups in total. The van der Waals surface area contributed by atoms with Gasteiger partial charge in [-0.3, -0.25) is 4.79 Å². The van der Waals surface area contributed by atoms with Crippen molar-refractivity contribution in [3.05, 3.63) is 57.0 Å². The first-order valence-electron chi connectivity index (χ1n) is 7.07. The summed E-state index contributed by atoms with van der Waals surface area (Å²) < 4.78 is 10.9. The van der Waals surface area contributed by atoms with Gasteiger partial charge in [0.05, 0.1) is 24.4 Å². The first-order valence-corrected chi connectivity index (χ1v) is 8.25. The van der Waals surface area contributed by atoms with Crippen LogP contribution >= 0.6 is 27.5 Å². The van der Waals surface area contributed by atoms with Crippen LogP contribution in [-0.4, -0.2) is 25.6 Å². The molecule has 0 aliphatic rings. The van der Waals surface area contributed by atoms with Crippen molar-refractivity contribution in [2.45, 2.75) is 6.92 Å². The maximum atomic E-state index is 12.3. The lowest BCUT2D eigenvalue weighted by atomic mass is 10.1. The number of nitrogens with one attached hydrogen (secondary N) is 1. The second kappa shape index (κ2) is 8.17. The molecule has 0 fully saturated rings. The highest BCUT2D eigenvalue weighted by Gasteiger charge is 2.18. The first kappa shape index (κ1) is 18.3. The van der Waals surface area contributed by atoms with E-state index in [1.165, 1.54) is 19.2 Å². The lowest BCUT2D eigenvalue weighted by Gasteiger charge is -2.13. The molecule has 24 heavy (non-hydrogen) atoms. The van der Waals surface area contributed by atoms with E-state index in [0.717, 1.165) is 4.47 Å². The molecule has 126 valence electrons. The molecule has 0 atom stereocenters. The summed E-state index contributed by atoms with van der Waals surface area (Å²) in [5, 5.41) is 2.91. The number of ether oxygens (including phenoxy) is 2. The maximum absolute atomic E-state index is 12.3. The Morgan fingerprint density at radius 2 is 2.00 bits per heavy atom. The summed E-state index contributed by atoms with van der Waals surface area (Å²) in [4.78, 5) is 24.2. The Morgan fingerprint density at radius 1 is 1.25 bits per heavy atom. The molecule has 0 radical (unpaired) electrons. The van der Waals surface area contributed by atoms with Crippen molar-refractivity contribution < 1.29 is 19.1 Å². The van der Waals surface area contributed by atoms with Crippen LogP contribution in [0.4, 0.5) is 5.69 Å². The van der Waals surface area contributed by atoms with Gasteiger partial charge in [-0.2, -0.15) is 0 Å². The van der Waals surface area contributed by atoms with E-state index in [0.29, 0.717) is 11.3 Å². The predicted octanol–water partition coefficient (Wildman–Crippen LogP) is 4.54. The van der Waals surface area contributed by atoms with Gasteiger partial charge in [0.25, 0.3) is 5.91 Å². The third-order valence-corrected chi connectivity index (χ3v) is 3.93. The van der Waals surface area contributed by atoms with Crippen molar-refractivity contribution in [3.63, 3.8) is 0 Å². The molecule has 7 heteroatoms. The fourth-order valence-corrected chi connectivity index (χ4v) is 2.62. The fourth-order valence-electron chi connectivity index (χ4n) is 2.01. The lowest BCUT2D eigenvalue weighted by molar-refractivity contribution is 0.0522. The SMILES string of the molecule is CCOC(=O)c1cc(Cl)c(NC(=O)c2cccc(Br)c2)cc1OC. The highest BCUT2D eigenvalue weighted by atomic mass is 79.9. The standard InChI is InChI=1S/C17H15BrClNO4/c1-3-24-17(22)12-8-13(19)14(9-15(12)23-2)20-16(21)10-5-4-6-11(18)7-10/h4-9H,3H2,1-2H3,(H,20,21). The minimum absolute atomic E-state index is 0.199. The Hall–Kier alpha value is -2.05. The average Bonchev–Trinajstić information content (AvgIpc) is 2.56. The van der Waals surface area contributed by atoms with Gasteiger partial charge in [0.1, 0.15) is 11.3 Å². The van der Waals surface area contributed by atoms with E-state index in [4.69, 9.17) is 21.1 Å². The van der Waals surface area contributed by atoms with Gasteiger partial charge in [0.15, 0.2) is 0 Å². The van der Waals surface area contributed by atoms with Gasteiger partial charge < -0.3 is 14.8 Å². The summed E-state index contributed by atoms with van der Waals surface area (Å²) >= 11 is 9.49. The molecule has 0 spiro atoms. The molecule has 0 aromatic heterocycles. The molecule has 5 nitrogen and oxygen atoms in total. The van der Waals surface area contributed by atoms with Crippen LogP contribution in [0.5, 0.6) is 5.75 Å². The third kappa shape index (κ3) is 4.27. The molecule has 0 aliphatic heterocycles. The number of carbonyl (C=O) groups excluding carboxylic acids is 2. The first-order chi connectivity index (χ1) is 11.5. The Kier molecular flexibility index (Phi) is 6.23. The van der Waals surface area contributed by atoms with Crippen LogP contribution in [0.1, 0.15) is 27.6 Å². The number of esters is 1. The number of halogens is 2. The zero-order chi connectivity index (χ0) is 17.7. The van der Waals surface area contributed by atoms with Crippen LogP contribution in [0.3, 0.4) is 0 Å². The van der Waals surface area contributed by atoms with E-state index in [1.807, 2.05) is 6.07 Å². The fraction of sp³-hybridized carbons (Fsp3) is 0.176. The number of benzene rings is 2. The zero-order valence-electron chi connectivity index (χ0n) is 13.1. The molecule has 0 unspecified atom stereocenters. The highest BCUT2D eigenvalue weighted by Crippen LogP contribution is 2.32. The van der Waals surface area contributed by atoms with Crippen LogP contribution in [0, 0.1) is 0 Å². The number of hydrogen-bond acceptors (Lipinski definition) is 4. The lowest BCUT2D eigenvalue weighted by Crippen LogP contribution is -2.13. The number of anilines is 1. The Labute approximate surface area is 153 Å². The van der Waals surface area contributed by atoms with Crippen molar-refractivity contribution in [2.75, 3.05) is 19.0 Å². The average molecular weight is 413 g/mol. The second-order valence-electron chi connectivity index (χ2n) is 4.72. The minimum Gasteiger partial charge on any atom is -0.496 e. The van der Waals surface area contributed by atoms with Crippen LogP contribution in [-0.2, 0) is 4.74 Å². The molecule has 0 saturated heterocycles. The second-order valence-corrected chi connectivity index (χ2v) is 6.04. The van der Waals surface area contributed by atoms with E-state index in [1.54, 1.807) is 25.1 Å². The largest absolute Gasteiger partial charge is 0.496 e. The van der Waals surface area contributed by atoms with E-state index in [-0.39, 0.29) is 28.8 Å². The maximum Gasteiger partial charge on any atom is 0.341 e. The summed E-state index contributed by atoms with van der Waals surface area (Å²) in [6.07, 6.45) is 0. The summed E-state index contributed by atoms with van der Waals surface area (Å²) in [5.41, 5.74) is 1.00. The minimum atomic E-state index is -0.541. The van der Waals surface area contributed by atoms with Gasteiger partial charge in [0, 0.05) is 16.1 Å². The normalized spacial score (nSPS) is 10.2. The Balaban J connectivity index is 2.31. The van der Waals surface area contributed by atoms with Crippen molar-refractivity contribution >= 4 is 45.1 Å². The highest BCUT2D eigenvalue weighted by molar-refractivity contribution is 9.10. The van der Waals surface area contributed by atoms with E-state index in [9.17, 15) is 9.59 Å². The quantitative estimate of drug-likeness (QED) is 0.732. The summed E-state index contributed by atoms with van der Waals surface area (Å²) in [7, 11) is 1.42. The Bertz CT molecular complexity index is 779. The van der Waals surface area contributed by atoms with Crippen molar-refractivity contribution in [3.8, 4) is 5.75 Å². The van der Waals surface area contributed by atoms with E-state index >= 15 is 0 Å². The van der Waals surface area contributed by atoms with Gasteiger partial charge in [0.2, 0.25) is 0 Å². The Morgan fingerprint density at radius 3 is 2.62 bits per heavy atom. The monoisotopic (exact) mass is 411 g/mol. The van der Waals surface area contributed by atoms with Crippen molar-refractivity contribution in [1.82, 2.24) is 0 Å². The number of carbonyl (C=O) groups is 2. The molecule has 2 aromatic rings. The molecule has 0 aliphatic carbocycles. The van der Waals surface area contributed by atoms with Gasteiger partial charge in [-0.1, -0.05) is 33.6 Å². The van der Waals surface area contributed by atoms with Crippen LogP contribution in [0.2, 0.25) is 5.02 Å². The van der Waals surface area contributed by atoms with Crippen LogP contribution in [0.15, 0.2) is 40.9 Å². The third-order valence-electron chi connectivity index (χ3n) is 3.12. The molecule has 1 amide bonds. The molecule has 0 heterocycles. The van der Waals surface area contributed by atoms with Crippen LogP contribution in [0.25, 0.3) is 0 Å². The zero-order valence-corrected chi connectivity index (χ0v) is 15.4. The topological polar surface area (TPSA) is 64.6 Å². The molecule has 0 saturated carbocycles. The molecule has 2 rings (SSSR count). The van der Waals surface area contributed by atoms with Crippen molar-refractivity contribution in [2.24, 2.45) is 0 Å². The van der Waals surface area contributed by atoms with E-state index < -0.39 is 5.97 Å². The predicted molar refractivity (Wildman–Crippen MR) is 96.1 cm³/mol. The van der Waals surface area contributed by atoms with Gasteiger partial charge >= 0.3 is 5.97 Å². The van der Waals surface area contributed by atoms with Gasteiger partial charge in [-0.05, 0) is 31.2 Å². The summed E-state index contributed by atoms with van der Waals surface area (Å²) in [6.45, 7) is 1.94. The van der Waals surface area contributed by atoms with Gasteiger partial charge in [-0.25, -0.2) is 4.79 Å². The molecule has 2 aromatic carbocycles. The molecule has 0 bridgehead atoms.